The molecule has 1 saturated heterocycles. The van der Waals surface area contributed by atoms with Crippen molar-refractivity contribution in [2.24, 2.45) is 0 Å². The van der Waals surface area contributed by atoms with Crippen LogP contribution < -0.4 is 10.9 Å². The average molecular weight is 251 g/mol. The van der Waals surface area contributed by atoms with E-state index in [1.807, 2.05) is 0 Å². The molecule has 0 radical (unpaired) electrons. The van der Waals surface area contributed by atoms with E-state index in [1.54, 1.807) is 0 Å². The van der Waals surface area contributed by atoms with Crippen LogP contribution in [0.3, 0.4) is 0 Å². The Kier molecular flexibility index (Phi) is 4.01. The maximum Gasteiger partial charge on any atom is 0.252 e. The van der Waals surface area contributed by atoms with E-state index < -0.39 is 0 Å². The van der Waals surface area contributed by atoms with E-state index in [4.69, 9.17) is 4.74 Å². The largest absolute Gasteiger partial charge is 0.375 e. The first-order valence-electron chi connectivity index (χ1n) is 6.62. The number of rotatable bonds is 4. The van der Waals surface area contributed by atoms with Crippen LogP contribution in [-0.2, 0) is 4.74 Å². The topological polar surface area (TPSA) is 67.0 Å². The summed E-state index contributed by atoms with van der Waals surface area (Å²) in [6.45, 7) is 5.09. The Morgan fingerprint density at radius 1 is 1.56 bits per heavy atom. The van der Waals surface area contributed by atoms with E-state index in [9.17, 15) is 4.79 Å². The number of aromatic nitrogens is 2. The van der Waals surface area contributed by atoms with Gasteiger partial charge >= 0.3 is 0 Å². The number of anilines is 1. The number of hydrogen-bond acceptors (Lipinski definition) is 4. The Hall–Kier alpha value is -1.36. The molecule has 0 aliphatic carbocycles. The summed E-state index contributed by atoms with van der Waals surface area (Å²) in [5.74, 6) is 0.645. The monoisotopic (exact) mass is 251 g/mol. The second-order valence-electron chi connectivity index (χ2n) is 4.87. The minimum atomic E-state index is -0.128. The van der Waals surface area contributed by atoms with Gasteiger partial charge in [-0.1, -0.05) is 13.8 Å². The quantitative estimate of drug-likeness (QED) is 0.858. The van der Waals surface area contributed by atoms with Crippen LogP contribution in [0.5, 0.6) is 0 Å². The zero-order valence-corrected chi connectivity index (χ0v) is 11.0. The first-order valence-corrected chi connectivity index (χ1v) is 6.62. The van der Waals surface area contributed by atoms with Gasteiger partial charge in [0.25, 0.3) is 5.56 Å². The third kappa shape index (κ3) is 2.90. The SMILES string of the molecule is CCC1(CC)CC(Nc2cc(=O)[nH]cn2)CCO1. The molecule has 0 bridgehead atoms. The van der Waals surface area contributed by atoms with Crippen LogP contribution in [0.25, 0.3) is 0 Å². The van der Waals surface area contributed by atoms with E-state index in [2.05, 4.69) is 29.1 Å². The van der Waals surface area contributed by atoms with Crippen molar-refractivity contribution in [3.05, 3.63) is 22.7 Å². The second-order valence-corrected chi connectivity index (χ2v) is 4.87. The van der Waals surface area contributed by atoms with Crippen molar-refractivity contribution in [2.45, 2.75) is 51.2 Å². The van der Waals surface area contributed by atoms with Gasteiger partial charge in [-0.2, -0.15) is 0 Å². The highest BCUT2D eigenvalue weighted by Crippen LogP contribution is 2.32. The molecule has 0 amide bonds. The minimum Gasteiger partial charge on any atom is -0.375 e. The predicted molar refractivity (Wildman–Crippen MR) is 70.8 cm³/mol. The van der Waals surface area contributed by atoms with Crippen LogP contribution in [0.4, 0.5) is 5.82 Å². The van der Waals surface area contributed by atoms with Gasteiger partial charge in [0.1, 0.15) is 5.82 Å². The van der Waals surface area contributed by atoms with Crippen LogP contribution in [0, 0.1) is 0 Å². The van der Waals surface area contributed by atoms with Crippen LogP contribution in [0.2, 0.25) is 0 Å². The lowest BCUT2D eigenvalue weighted by molar-refractivity contribution is -0.0864. The zero-order chi connectivity index (χ0) is 13.0. The smallest absolute Gasteiger partial charge is 0.252 e. The summed E-state index contributed by atoms with van der Waals surface area (Å²) in [4.78, 5) is 17.9. The molecule has 18 heavy (non-hydrogen) atoms. The highest BCUT2D eigenvalue weighted by atomic mass is 16.5. The molecule has 2 N–H and O–H groups in total. The van der Waals surface area contributed by atoms with E-state index in [1.165, 1.54) is 12.4 Å². The number of nitrogens with one attached hydrogen (secondary N) is 2. The molecular formula is C13H21N3O2. The van der Waals surface area contributed by atoms with Crippen LogP contribution in [-0.4, -0.2) is 28.2 Å². The van der Waals surface area contributed by atoms with Gasteiger partial charge in [-0.15, -0.1) is 0 Å². The Balaban J connectivity index is 2.04. The standard InChI is InChI=1S/C13H21N3O2/c1-3-13(4-2)8-10(5-6-18-13)16-11-7-12(17)15-9-14-11/h7,9-10H,3-6,8H2,1-2H3,(H2,14,15,16,17). The molecule has 1 aliphatic rings. The maximum absolute atomic E-state index is 11.2. The molecule has 5 heteroatoms. The summed E-state index contributed by atoms with van der Waals surface area (Å²) in [6, 6.07) is 1.82. The van der Waals surface area contributed by atoms with Crippen molar-refractivity contribution >= 4 is 5.82 Å². The summed E-state index contributed by atoms with van der Waals surface area (Å²) in [6.07, 6.45) is 5.39. The van der Waals surface area contributed by atoms with Gasteiger partial charge in [0.2, 0.25) is 0 Å². The molecule has 100 valence electrons. The van der Waals surface area contributed by atoms with Gasteiger partial charge in [0.05, 0.1) is 11.9 Å². The molecule has 0 saturated carbocycles. The lowest BCUT2D eigenvalue weighted by Crippen LogP contribution is -2.43. The minimum absolute atomic E-state index is 0.0167. The van der Waals surface area contributed by atoms with E-state index in [0.717, 1.165) is 32.3 Å². The van der Waals surface area contributed by atoms with Gasteiger partial charge in [0, 0.05) is 18.7 Å². The summed E-state index contributed by atoms with van der Waals surface area (Å²) in [5.41, 5.74) is -0.145. The highest BCUT2D eigenvalue weighted by Gasteiger charge is 2.34. The zero-order valence-electron chi connectivity index (χ0n) is 11.0. The van der Waals surface area contributed by atoms with Gasteiger partial charge in [-0.05, 0) is 25.7 Å². The second kappa shape index (κ2) is 5.52. The van der Waals surface area contributed by atoms with Crippen molar-refractivity contribution in [3.63, 3.8) is 0 Å². The van der Waals surface area contributed by atoms with Crippen molar-refractivity contribution in [2.75, 3.05) is 11.9 Å². The summed E-state index contributed by atoms with van der Waals surface area (Å²) >= 11 is 0. The molecule has 1 unspecified atom stereocenters. The highest BCUT2D eigenvalue weighted by molar-refractivity contribution is 5.33. The molecular weight excluding hydrogens is 230 g/mol. The lowest BCUT2D eigenvalue weighted by Gasteiger charge is -2.40. The number of H-pyrrole nitrogens is 1. The van der Waals surface area contributed by atoms with Crippen molar-refractivity contribution in [1.82, 2.24) is 9.97 Å². The molecule has 2 rings (SSSR count). The number of aromatic amines is 1. The van der Waals surface area contributed by atoms with Crippen LogP contribution in [0.1, 0.15) is 39.5 Å². The molecule has 1 fully saturated rings. The predicted octanol–water partition coefficient (Wildman–Crippen LogP) is 1.92. The number of hydrogen-bond donors (Lipinski definition) is 2. The summed E-state index contributed by atoms with van der Waals surface area (Å²) < 4.78 is 5.93. The van der Waals surface area contributed by atoms with Gasteiger partial charge < -0.3 is 15.0 Å². The average Bonchev–Trinajstić information content (AvgIpc) is 2.39. The molecule has 0 aromatic carbocycles. The Morgan fingerprint density at radius 3 is 3.00 bits per heavy atom. The fourth-order valence-corrected chi connectivity index (χ4v) is 2.55. The fraction of sp³-hybridized carbons (Fsp3) is 0.692. The molecule has 1 aliphatic heterocycles. The third-order valence-electron chi connectivity index (χ3n) is 3.81. The third-order valence-corrected chi connectivity index (χ3v) is 3.81. The lowest BCUT2D eigenvalue weighted by atomic mass is 9.86. The van der Waals surface area contributed by atoms with E-state index >= 15 is 0 Å². The van der Waals surface area contributed by atoms with E-state index in [-0.39, 0.29) is 11.2 Å². The Labute approximate surface area is 107 Å². The molecule has 5 nitrogen and oxygen atoms in total. The van der Waals surface area contributed by atoms with Crippen LogP contribution >= 0.6 is 0 Å². The molecule has 1 aromatic heterocycles. The maximum atomic E-state index is 11.2. The first kappa shape index (κ1) is 13.1. The van der Waals surface area contributed by atoms with Crippen molar-refractivity contribution < 1.29 is 4.74 Å². The Bertz CT molecular complexity index is 440. The number of nitrogens with zero attached hydrogens (tertiary/aromatic N) is 1. The Morgan fingerprint density at radius 2 is 2.33 bits per heavy atom. The van der Waals surface area contributed by atoms with Gasteiger partial charge in [0.15, 0.2) is 0 Å². The molecule has 1 atom stereocenters. The fourth-order valence-electron chi connectivity index (χ4n) is 2.55. The van der Waals surface area contributed by atoms with Crippen molar-refractivity contribution in [1.29, 1.82) is 0 Å². The molecule has 2 heterocycles. The normalized spacial score (nSPS) is 22.7. The van der Waals surface area contributed by atoms with Gasteiger partial charge in [-0.3, -0.25) is 4.79 Å². The first-order chi connectivity index (χ1) is 8.67. The molecule has 0 spiro atoms. The van der Waals surface area contributed by atoms with Crippen molar-refractivity contribution in [3.8, 4) is 0 Å². The van der Waals surface area contributed by atoms with E-state index in [0.29, 0.717) is 11.9 Å². The summed E-state index contributed by atoms with van der Waals surface area (Å²) in [7, 11) is 0. The van der Waals surface area contributed by atoms with Crippen LogP contribution in [0.15, 0.2) is 17.2 Å². The number of ether oxygens (including phenoxy) is 1. The van der Waals surface area contributed by atoms with Gasteiger partial charge in [-0.25, -0.2) is 4.98 Å². The molecule has 1 aromatic rings. The summed E-state index contributed by atoms with van der Waals surface area (Å²) in [5, 5.41) is 3.33.